The Morgan fingerprint density at radius 2 is 1.67 bits per heavy atom. The van der Waals surface area contributed by atoms with Crippen LogP contribution >= 0.6 is 0 Å². The number of nitrogens with one attached hydrogen (secondary N) is 2. The monoisotopic (exact) mass is 864 g/mol. The second-order valence-electron chi connectivity index (χ2n) is 19.6. The van der Waals surface area contributed by atoms with Gasteiger partial charge in [-0.15, -0.1) is 0 Å². The molecule has 3 aromatic heterocycles. The van der Waals surface area contributed by atoms with E-state index in [0.29, 0.717) is 72.3 Å². The van der Waals surface area contributed by atoms with Gasteiger partial charge in [0.2, 0.25) is 0 Å². The number of hydrogen-bond donors (Lipinski definition) is 2. The zero-order valence-electron chi connectivity index (χ0n) is 38.0. The molecule has 5 rings (SSSR count). The number of likely N-dealkylation sites (tertiary alicyclic amines) is 1. The summed E-state index contributed by atoms with van der Waals surface area (Å²) in [6, 6.07) is 4.99. The first-order valence-corrected chi connectivity index (χ1v) is 28.7. The van der Waals surface area contributed by atoms with Crippen LogP contribution in [0, 0.1) is 0 Å². The number of anilines is 1. The number of ether oxygens (including phenoxy) is 4. The van der Waals surface area contributed by atoms with Gasteiger partial charge in [-0.05, 0) is 85.4 Å². The summed E-state index contributed by atoms with van der Waals surface area (Å²) < 4.78 is 26.8. The van der Waals surface area contributed by atoms with Crippen LogP contribution < -0.4 is 15.5 Å². The molecule has 330 valence electrons. The summed E-state index contributed by atoms with van der Waals surface area (Å²) in [6.07, 6.45) is 5.95. The van der Waals surface area contributed by atoms with Gasteiger partial charge >= 0.3 is 12.1 Å². The first-order chi connectivity index (χ1) is 28.0. The summed E-state index contributed by atoms with van der Waals surface area (Å²) >= 11 is 0. The number of aryl methyl sites for hydroxylation is 1. The van der Waals surface area contributed by atoms with Crippen LogP contribution in [0.15, 0.2) is 31.1 Å². The first kappa shape index (κ1) is 46.7. The molecular formula is C43H68N8O7Si2. The van der Waals surface area contributed by atoms with Crippen molar-refractivity contribution in [2.45, 2.75) is 142 Å². The fraction of sp³-hybridized carbons (Fsp3) is 0.628. The minimum absolute atomic E-state index is 0.0357. The van der Waals surface area contributed by atoms with Crippen molar-refractivity contribution in [3.8, 4) is 11.1 Å². The number of carbonyl (C=O) groups excluding carboxylic acids is 3. The Balaban J connectivity index is 1.64. The van der Waals surface area contributed by atoms with Gasteiger partial charge in [-0.1, -0.05) is 51.9 Å². The zero-order valence-corrected chi connectivity index (χ0v) is 40.0. The van der Waals surface area contributed by atoms with E-state index in [1.165, 1.54) is 0 Å². The molecule has 2 fully saturated rings. The van der Waals surface area contributed by atoms with Crippen molar-refractivity contribution >= 4 is 51.4 Å². The number of imide groups is 1. The van der Waals surface area contributed by atoms with Crippen LogP contribution in [0.5, 0.6) is 0 Å². The van der Waals surface area contributed by atoms with E-state index in [-0.39, 0.29) is 31.6 Å². The number of urea groups is 1. The Morgan fingerprint density at radius 1 is 1.02 bits per heavy atom. The summed E-state index contributed by atoms with van der Waals surface area (Å²) in [5.74, 6) is 0.651. The fourth-order valence-electron chi connectivity index (χ4n) is 7.37. The maximum atomic E-state index is 13.5. The maximum Gasteiger partial charge on any atom is 0.410 e. The molecule has 3 atom stereocenters. The average molecular weight is 865 g/mol. The van der Waals surface area contributed by atoms with Crippen LogP contribution in [0.25, 0.3) is 22.5 Å². The molecular weight excluding hydrogens is 797 g/mol. The Bertz CT molecular complexity index is 2000. The van der Waals surface area contributed by atoms with E-state index in [1.54, 1.807) is 29.9 Å². The van der Waals surface area contributed by atoms with E-state index in [1.807, 2.05) is 38.7 Å². The van der Waals surface area contributed by atoms with Crippen LogP contribution in [0.4, 0.5) is 15.4 Å². The molecule has 0 aromatic carbocycles. The highest BCUT2D eigenvalue weighted by molar-refractivity contribution is 6.76. The standard InChI is InChI=1S/C43H68N8O7Si2/c1-14-57-30(3)36-34(19-18-32-17-15-29(2)50(32)41(54)58-42(4,5)6)46-37-33(31-16-20-35(44-25-31)43(7)39(52)47-40(53)48-43)26-45-51(37)38(36)49(27-55-21-23-59(8,9)10)28-56-22-24-60(11,12)13/h16,20,25-26,29,32H,3,14-15,17-19,21-24,27-28H2,1-2,4-13H3,(H2,47,48,52,53)/t29-,32-,43?/m1/s1. The lowest BCUT2D eigenvalue weighted by Crippen LogP contribution is -2.43. The fourth-order valence-corrected chi connectivity index (χ4v) is 8.89. The molecule has 2 N–H and O–H groups in total. The summed E-state index contributed by atoms with van der Waals surface area (Å²) in [5.41, 5.74) is 1.89. The van der Waals surface area contributed by atoms with E-state index >= 15 is 0 Å². The van der Waals surface area contributed by atoms with Crippen LogP contribution in [-0.4, -0.2) is 110 Å². The molecule has 0 bridgehead atoms. The topological polar surface area (TPSA) is 162 Å². The number of amides is 4. The van der Waals surface area contributed by atoms with Gasteiger partial charge in [0.25, 0.3) is 5.91 Å². The highest BCUT2D eigenvalue weighted by Gasteiger charge is 2.45. The highest BCUT2D eigenvalue weighted by Crippen LogP contribution is 2.37. The minimum atomic E-state index is -1.39. The summed E-state index contributed by atoms with van der Waals surface area (Å²) in [5, 5.41) is 9.94. The van der Waals surface area contributed by atoms with E-state index in [2.05, 4.69) is 73.3 Å². The van der Waals surface area contributed by atoms with Gasteiger partial charge in [0.15, 0.2) is 11.2 Å². The number of carbonyl (C=O) groups is 3. The normalized spacial score (nSPS) is 19.8. The number of hydrogen-bond acceptors (Lipinski definition) is 11. The molecule has 4 amide bonds. The molecule has 1 unspecified atom stereocenters. The number of rotatable bonds is 19. The predicted octanol–water partition coefficient (Wildman–Crippen LogP) is 8.00. The van der Waals surface area contributed by atoms with Crippen molar-refractivity contribution in [1.29, 1.82) is 0 Å². The summed E-state index contributed by atoms with van der Waals surface area (Å²) in [7, 11) is -2.77. The molecule has 60 heavy (non-hydrogen) atoms. The van der Waals surface area contributed by atoms with Gasteiger partial charge in [0, 0.05) is 58.8 Å². The molecule has 0 aliphatic carbocycles. The molecule has 0 spiro atoms. The van der Waals surface area contributed by atoms with Gasteiger partial charge in [0.05, 0.1) is 29.8 Å². The predicted molar refractivity (Wildman–Crippen MR) is 240 cm³/mol. The SMILES string of the molecule is C=C(OCC)c1c(CC[C@H]2CC[C@@H](C)N2C(=O)OC(C)(C)C)nc2c(-c3ccc(C4(C)NC(=O)NC4=O)nc3)cnn2c1N(COCC[Si](C)(C)C)COCC[Si](C)(C)C. The maximum absolute atomic E-state index is 13.5. The number of pyridine rings is 1. The lowest BCUT2D eigenvalue weighted by molar-refractivity contribution is -0.123. The molecule has 17 heteroatoms. The van der Waals surface area contributed by atoms with Crippen molar-refractivity contribution in [1.82, 2.24) is 35.1 Å². The largest absolute Gasteiger partial charge is 0.494 e. The molecule has 15 nitrogen and oxygen atoms in total. The molecule has 0 radical (unpaired) electrons. The number of fused-ring (bicyclic) bond motifs is 1. The van der Waals surface area contributed by atoms with Crippen molar-refractivity contribution in [3.05, 3.63) is 48.1 Å². The Hall–Kier alpha value is -4.33. The third kappa shape index (κ3) is 11.5. The van der Waals surface area contributed by atoms with Crippen molar-refractivity contribution < 1.29 is 33.3 Å². The first-order valence-electron chi connectivity index (χ1n) is 21.3. The van der Waals surface area contributed by atoms with Crippen molar-refractivity contribution in [3.63, 3.8) is 0 Å². The third-order valence-corrected chi connectivity index (χ3v) is 14.2. The molecule has 2 saturated heterocycles. The van der Waals surface area contributed by atoms with Gasteiger partial charge in [-0.25, -0.2) is 14.6 Å². The van der Waals surface area contributed by atoms with Gasteiger partial charge in [0.1, 0.15) is 30.6 Å². The lowest BCUT2D eigenvalue weighted by Gasteiger charge is -2.32. The van der Waals surface area contributed by atoms with E-state index < -0.39 is 39.2 Å². The Morgan fingerprint density at radius 3 is 2.20 bits per heavy atom. The Kier molecular flexibility index (Phi) is 14.6. The van der Waals surface area contributed by atoms with E-state index in [4.69, 9.17) is 29.0 Å². The van der Waals surface area contributed by atoms with Crippen LogP contribution in [0.1, 0.15) is 77.8 Å². The number of nitrogens with zero attached hydrogens (tertiary/aromatic N) is 6. The van der Waals surface area contributed by atoms with Crippen LogP contribution in [0.2, 0.25) is 51.4 Å². The second kappa shape index (κ2) is 18.7. The number of aromatic nitrogens is 4. The second-order valence-corrected chi connectivity index (χ2v) is 30.9. The highest BCUT2D eigenvalue weighted by atomic mass is 28.3. The summed E-state index contributed by atoms with van der Waals surface area (Å²) in [6.45, 7) is 31.7. The lowest BCUT2D eigenvalue weighted by atomic mass is 9.96. The van der Waals surface area contributed by atoms with E-state index in [0.717, 1.165) is 30.6 Å². The van der Waals surface area contributed by atoms with Crippen molar-refractivity contribution in [2.24, 2.45) is 0 Å². The smallest absolute Gasteiger partial charge is 0.410 e. The Labute approximate surface area is 358 Å². The zero-order chi connectivity index (χ0) is 44.2. The van der Waals surface area contributed by atoms with Gasteiger partial charge in [-0.2, -0.15) is 9.61 Å². The molecule has 0 saturated carbocycles. The molecule has 2 aliphatic rings. The molecule has 5 heterocycles. The van der Waals surface area contributed by atoms with Gasteiger partial charge in [-0.3, -0.25) is 15.1 Å². The summed E-state index contributed by atoms with van der Waals surface area (Å²) in [4.78, 5) is 52.2. The van der Waals surface area contributed by atoms with Crippen LogP contribution in [0.3, 0.4) is 0 Å². The quantitative estimate of drug-likeness (QED) is 0.0395. The third-order valence-electron chi connectivity index (χ3n) is 10.8. The van der Waals surface area contributed by atoms with Crippen molar-refractivity contribution in [2.75, 3.05) is 38.2 Å². The van der Waals surface area contributed by atoms with E-state index in [9.17, 15) is 14.4 Å². The van der Waals surface area contributed by atoms with Gasteiger partial charge < -0.3 is 34.1 Å². The average Bonchev–Trinajstić information content (AvgIpc) is 3.81. The minimum Gasteiger partial charge on any atom is -0.494 e. The van der Waals surface area contributed by atoms with Crippen LogP contribution in [-0.2, 0) is 35.7 Å². The molecule has 3 aromatic rings. The molecule has 2 aliphatic heterocycles.